The molecule has 8 rings (SSSR count). The zero-order valence-electron chi connectivity index (χ0n) is 26.5. The topological polar surface area (TPSA) is 102 Å². The number of hydrogen-bond donors (Lipinski definition) is 2. The molecule has 2 bridgehead atoms. The maximum atomic E-state index is 14.9. The Morgan fingerprint density at radius 2 is 2.02 bits per heavy atom. The van der Waals surface area contributed by atoms with Crippen LogP contribution < -0.4 is 9.64 Å². The number of carbonyl (C=O) groups is 1. The van der Waals surface area contributed by atoms with Gasteiger partial charge in [-0.25, -0.2) is 4.39 Å². The number of nitrogens with zero attached hydrogens (tertiary/aromatic N) is 5. The molecule has 9 nitrogen and oxygen atoms in total. The summed E-state index contributed by atoms with van der Waals surface area (Å²) in [5, 5.41) is 22.9. The van der Waals surface area contributed by atoms with Gasteiger partial charge in [-0.2, -0.15) is 9.97 Å². The number of rotatable bonds is 6. The fourth-order valence-electron chi connectivity index (χ4n) is 9.30. The summed E-state index contributed by atoms with van der Waals surface area (Å²) in [6.45, 7) is 7.39. The number of aliphatic hydroxyl groups excluding tert-OH is 1. The zero-order valence-corrected chi connectivity index (χ0v) is 26.5. The number of ether oxygens (including phenoxy) is 1. The lowest BCUT2D eigenvalue weighted by Crippen LogP contribution is -2.57. The first-order chi connectivity index (χ1) is 22.8. The molecule has 47 heavy (non-hydrogen) atoms. The summed E-state index contributed by atoms with van der Waals surface area (Å²) >= 11 is 0. The number of halogens is 1. The van der Waals surface area contributed by atoms with E-state index in [1.165, 1.54) is 12.1 Å². The Labute approximate surface area is 274 Å². The van der Waals surface area contributed by atoms with Crippen molar-refractivity contribution in [3.63, 3.8) is 0 Å². The normalized spacial score (nSPS) is 26.2. The predicted molar refractivity (Wildman–Crippen MR) is 176 cm³/mol. The second-order valence-electron chi connectivity index (χ2n) is 14.0. The Hall–Kier alpha value is -4.20. The van der Waals surface area contributed by atoms with E-state index >= 15 is 0 Å². The van der Waals surface area contributed by atoms with E-state index in [4.69, 9.17) is 21.1 Å². The molecule has 1 aliphatic carbocycles. The van der Waals surface area contributed by atoms with Crippen molar-refractivity contribution >= 4 is 22.5 Å². The van der Waals surface area contributed by atoms with Gasteiger partial charge in [-0.15, -0.1) is 6.42 Å². The molecule has 4 saturated heterocycles. The van der Waals surface area contributed by atoms with Crippen molar-refractivity contribution in [2.24, 2.45) is 0 Å². The third-order valence-corrected chi connectivity index (χ3v) is 11.5. The fourth-order valence-corrected chi connectivity index (χ4v) is 9.30. The standard InChI is InChI=1S/C37H40FN5O4/c1-3-26-29(38)10-8-23-15-25(44)18-28(34(23)26)22-7-9-27-30(16-22)39-36(47-21-37-11-5-13-42(37)14-6-12-37)40-35(27)41-19-24-17-32(45)31(20-41)43(24)33(46)4-2/h1,4,8,10,15,18,22,24,31-32,44-45H,2,5-7,9,11-14,16-17,19-21H2/t22-,24-,31-,32-/m0/s1. The second-order valence-corrected chi connectivity index (χ2v) is 14.0. The maximum Gasteiger partial charge on any atom is 0.318 e. The lowest BCUT2D eigenvalue weighted by molar-refractivity contribution is -0.130. The second kappa shape index (κ2) is 11.5. The Morgan fingerprint density at radius 3 is 2.77 bits per heavy atom. The van der Waals surface area contributed by atoms with Gasteiger partial charge in [0.15, 0.2) is 0 Å². The van der Waals surface area contributed by atoms with Crippen molar-refractivity contribution in [2.45, 2.75) is 81.0 Å². The molecule has 10 heteroatoms. The van der Waals surface area contributed by atoms with Gasteiger partial charge in [0.05, 0.1) is 35.0 Å². The number of piperazine rings is 1. The van der Waals surface area contributed by atoms with Crippen LogP contribution in [0.3, 0.4) is 0 Å². The molecule has 4 aliphatic heterocycles. The van der Waals surface area contributed by atoms with E-state index < -0.39 is 11.9 Å². The number of aliphatic hydroxyl groups is 1. The minimum Gasteiger partial charge on any atom is -0.508 e. The van der Waals surface area contributed by atoms with Crippen LogP contribution in [0, 0.1) is 18.2 Å². The van der Waals surface area contributed by atoms with E-state index in [0.717, 1.165) is 67.8 Å². The van der Waals surface area contributed by atoms with Crippen LogP contribution >= 0.6 is 0 Å². The van der Waals surface area contributed by atoms with Crippen molar-refractivity contribution in [2.75, 3.05) is 37.7 Å². The van der Waals surface area contributed by atoms with E-state index in [-0.39, 0.29) is 40.8 Å². The van der Waals surface area contributed by atoms with Gasteiger partial charge in [0.25, 0.3) is 0 Å². The number of fused-ring (bicyclic) bond motifs is 5. The molecule has 4 atom stereocenters. The number of aromatic hydroxyl groups is 1. The Kier molecular flexibility index (Phi) is 7.38. The van der Waals surface area contributed by atoms with Crippen LogP contribution in [0.5, 0.6) is 11.8 Å². The molecule has 0 spiro atoms. The Balaban J connectivity index is 1.17. The van der Waals surface area contributed by atoms with Gasteiger partial charge in [0.1, 0.15) is 24.0 Å². The van der Waals surface area contributed by atoms with E-state index in [1.54, 1.807) is 23.1 Å². The quantitative estimate of drug-likeness (QED) is 0.308. The lowest BCUT2D eigenvalue weighted by Gasteiger charge is -2.42. The zero-order chi connectivity index (χ0) is 32.4. The largest absolute Gasteiger partial charge is 0.508 e. The maximum absolute atomic E-state index is 14.9. The molecule has 5 aliphatic rings. The minimum atomic E-state index is -0.619. The predicted octanol–water partition coefficient (Wildman–Crippen LogP) is 4.07. The monoisotopic (exact) mass is 637 g/mol. The van der Waals surface area contributed by atoms with Crippen LogP contribution in [0.4, 0.5) is 10.2 Å². The number of benzene rings is 2. The first-order valence-electron chi connectivity index (χ1n) is 16.9. The fraction of sp³-hybridized carbons (Fsp3) is 0.486. The Bertz CT molecular complexity index is 1810. The summed E-state index contributed by atoms with van der Waals surface area (Å²) in [7, 11) is 0. The van der Waals surface area contributed by atoms with Gasteiger partial charge in [-0.1, -0.05) is 18.6 Å². The van der Waals surface area contributed by atoms with E-state index in [0.29, 0.717) is 55.7 Å². The highest BCUT2D eigenvalue weighted by Gasteiger charge is 2.49. The third kappa shape index (κ3) is 4.94. The van der Waals surface area contributed by atoms with Gasteiger partial charge >= 0.3 is 6.01 Å². The highest BCUT2D eigenvalue weighted by Crippen LogP contribution is 2.44. The number of hydrogen-bond acceptors (Lipinski definition) is 8. The molecule has 5 heterocycles. The molecule has 0 radical (unpaired) electrons. The lowest BCUT2D eigenvalue weighted by atomic mass is 9.79. The van der Waals surface area contributed by atoms with E-state index in [9.17, 15) is 19.4 Å². The summed E-state index contributed by atoms with van der Waals surface area (Å²) in [6, 6.07) is 6.16. The number of phenols is 1. The molecular weight excluding hydrogens is 597 g/mol. The summed E-state index contributed by atoms with van der Waals surface area (Å²) < 4.78 is 21.4. The average Bonchev–Trinajstić information content (AvgIpc) is 3.71. The highest BCUT2D eigenvalue weighted by atomic mass is 19.1. The number of carbonyl (C=O) groups excluding carboxylic acids is 1. The van der Waals surface area contributed by atoms with Gasteiger partial charge in [0, 0.05) is 24.0 Å². The SMILES string of the molecule is C#Cc1c(F)ccc2cc(O)cc([C@H]3CCc4c(nc(OCC56CCCN5CCC6)nc4N4C[C@@H]5C[C@H](O)[C@H](C4)N5C(=O)C=C)C3)c12. The van der Waals surface area contributed by atoms with Crippen LogP contribution in [0.2, 0.25) is 0 Å². The third-order valence-electron chi connectivity index (χ3n) is 11.5. The van der Waals surface area contributed by atoms with Gasteiger partial charge < -0.3 is 24.7 Å². The molecule has 1 amide bonds. The van der Waals surface area contributed by atoms with Crippen LogP contribution in [0.1, 0.15) is 66.8 Å². The molecule has 2 aromatic carbocycles. The molecule has 1 aromatic heterocycles. The summed E-state index contributed by atoms with van der Waals surface area (Å²) in [4.78, 5) is 29.3. The van der Waals surface area contributed by atoms with Gasteiger partial charge in [0.2, 0.25) is 5.91 Å². The molecule has 244 valence electrons. The van der Waals surface area contributed by atoms with Gasteiger partial charge in [-0.3, -0.25) is 9.69 Å². The minimum absolute atomic E-state index is 0.0258. The molecule has 2 N–H and O–H groups in total. The molecule has 0 saturated carbocycles. The van der Waals surface area contributed by atoms with Crippen molar-refractivity contribution in [3.8, 4) is 24.1 Å². The van der Waals surface area contributed by atoms with Crippen molar-refractivity contribution in [3.05, 3.63) is 65.1 Å². The average molecular weight is 638 g/mol. The number of amides is 1. The van der Waals surface area contributed by atoms with E-state index in [1.807, 2.05) is 0 Å². The first-order valence-corrected chi connectivity index (χ1v) is 16.9. The van der Waals surface area contributed by atoms with Gasteiger partial charge in [-0.05, 0) is 106 Å². The summed E-state index contributed by atoms with van der Waals surface area (Å²) in [6.07, 6.45) is 13.5. The smallest absolute Gasteiger partial charge is 0.318 e. The number of terminal acetylenes is 1. The molecule has 0 unspecified atom stereocenters. The number of anilines is 1. The molecule has 4 fully saturated rings. The molecular formula is C37H40FN5O4. The first kappa shape index (κ1) is 30.2. The summed E-state index contributed by atoms with van der Waals surface area (Å²) in [5.74, 6) is 2.76. The number of phenolic OH excluding ortho intramolecular Hbond substituents is 1. The van der Waals surface area contributed by atoms with Crippen LogP contribution in [0.15, 0.2) is 36.9 Å². The van der Waals surface area contributed by atoms with Crippen molar-refractivity contribution < 1.29 is 24.1 Å². The van der Waals surface area contributed by atoms with Crippen LogP contribution in [0.25, 0.3) is 10.8 Å². The Morgan fingerprint density at radius 1 is 1.21 bits per heavy atom. The highest BCUT2D eigenvalue weighted by molar-refractivity contribution is 5.93. The van der Waals surface area contributed by atoms with Crippen LogP contribution in [-0.4, -0.2) is 92.4 Å². The summed E-state index contributed by atoms with van der Waals surface area (Å²) in [5.41, 5.74) is 2.93. The van der Waals surface area contributed by atoms with Crippen molar-refractivity contribution in [1.82, 2.24) is 19.8 Å². The number of aromatic nitrogens is 2. The van der Waals surface area contributed by atoms with E-state index in [2.05, 4.69) is 22.3 Å². The van der Waals surface area contributed by atoms with Crippen molar-refractivity contribution in [1.29, 1.82) is 0 Å². The van der Waals surface area contributed by atoms with Crippen LogP contribution in [-0.2, 0) is 17.6 Å². The molecule has 3 aromatic rings.